The number of non-ortho nitro benzene ring substituents is 1. The van der Waals surface area contributed by atoms with Gasteiger partial charge in [-0.15, -0.1) is 11.3 Å². The summed E-state index contributed by atoms with van der Waals surface area (Å²) in [6.07, 6.45) is 1.61. The molecule has 4 heterocycles. The monoisotopic (exact) mass is 521 g/mol. The van der Waals surface area contributed by atoms with Crippen molar-refractivity contribution in [1.29, 1.82) is 0 Å². The van der Waals surface area contributed by atoms with Gasteiger partial charge >= 0.3 is 5.97 Å². The summed E-state index contributed by atoms with van der Waals surface area (Å²) in [6.45, 7) is 3.68. The number of aromatic nitrogens is 1. The van der Waals surface area contributed by atoms with E-state index in [0.717, 1.165) is 4.88 Å². The maximum atomic E-state index is 13.5. The van der Waals surface area contributed by atoms with Gasteiger partial charge in [0.15, 0.2) is 4.80 Å². The molecule has 1 atom stereocenters. The zero-order chi connectivity index (χ0) is 25.4. The lowest BCUT2D eigenvalue weighted by molar-refractivity contribution is -0.384. The summed E-state index contributed by atoms with van der Waals surface area (Å²) in [4.78, 5) is 42.8. The fourth-order valence-corrected chi connectivity index (χ4v) is 5.85. The molecule has 182 valence electrons. The van der Waals surface area contributed by atoms with Crippen LogP contribution in [0.3, 0.4) is 0 Å². The highest BCUT2D eigenvalue weighted by atomic mass is 32.1. The van der Waals surface area contributed by atoms with Gasteiger partial charge in [0, 0.05) is 28.6 Å². The van der Waals surface area contributed by atoms with Gasteiger partial charge in [0.1, 0.15) is 17.6 Å². The Kier molecular flexibility index (Phi) is 6.25. The smallest absolute Gasteiger partial charge is 0.338 e. The van der Waals surface area contributed by atoms with E-state index in [9.17, 15) is 19.7 Å². The van der Waals surface area contributed by atoms with Crippen LogP contribution in [0.1, 0.15) is 30.5 Å². The lowest BCUT2D eigenvalue weighted by atomic mass is 10.0. The lowest BCUT2D eigenvalue weighted by Gasteiger charge is -2.23. The summed E-state index contributed by atoms with van der Waals surface area (Å²) in [5.41, 5.74) is 1.05. The van der Waals surface area contributed by atoms with E-state index in [1.807, 2.05) is 17.5 Å². The second-order valence-corrected chi connectivity index (χ2v) is 9.82. The fourth-order valence-electron chi connectivity index (χ4n) is 4.00. The molecule has 0 unspecified atom stereocenters. The van der Waals surface area contributed by atoms with Gasteiger partial charge in [-0.05, 0) is 37.4 Å². The van der Waals surface area contributed by atoms with E-state index < -0.39 is 16.9 Å². The Bertz CT molecular complexity index is 1690. The number of thiazole rings is 1. The lowest BCUT2D eigenvalue weighted by Crippen LogP contribution is -2.39. The van der Waals surface area contributed by atoms with Crippen molar-refractivity contribution in [3.05, 3.63) is 106 Å². The van der Waals surface area contributed by atoms with Gasteiger partial charge < -0.3 is 9.15 Å². The summed E-state index contributed by atoms with van der Waals surface area (Å²) in [7, 11) is 0. The summed E-state index contributed by atoms with van der Waals surface area (Å²) in [5, 5.41) is 13.0. The number of fused-ring (bicyclic) bond motifs is 1. The SMILES string of the molecule is CCOC(=O)C1=C(C)N=c2s/c(=C/c3ccc(-c4cccc([N+](=O)[O-])c4)o3)c(=O)n2[C@H]1c1cccs1. The number of hydrogen-bond donors (Lipinski definition) is 0. The highest BCUT2D eigenvalue weighted by Gasteiger charge is 2.33. The summed E-state index contributed by atoms with van der Waals surface area (Å²) in [5.74, 6) is 0.351. The second kappa shape index (κ2) is 9.51. The van der Waals surface area contributed by atoms with Crippen molar-refractivity contribution in [2.75, 3.05) is 6.61 Å². The third kappa shape index (κ3) is 4.23. The summed E-state index contributed by atoms with van der Waals surface area (Å²) >= 11 is 2.64. The molecule has 0 N–H and O–H groups in total. The number of carbonyl (C=O) groups is 1. The molecule has 5 rings (SSSR count). The van der Waals surface area contributed by atoms with Crippen molar-refractivity contribution < 1.29 is 18.9 Å². The first-order valence-corrected chi connectivity index (χ1v) is 12.6. The molecule has 36 heavy (non-hydrogen) atoms. The molecule has 11 heteroatoms. The van der Waals surface area contributed by atoms with Crippen LogP contribution in [0.4, 0.5) is 5.69 Å². The van der Waals surface area contributed by atoms with Gasteiger partial charge in [-0.2, -0.15) is 0 Å². The van der Waals surface area contributed by atoms with E-state index in [2.05, 4.69) is 4.99 Å². The van der Waals surface area contributed by atoms with Gasteiger partial charge in [-0.1, -0.05) is 29.5 Å². The Morgan fingerprint density at radius 2 is 2.11 bits per heavy atom. The minimum atomic E-state index is -0.639. The van der Waals surface area contributed by atoms with E-state index in [4.69, 9.17) is 9.15 Å². The molecule has 4 aromatic rings. The highest BCUT2D eigenvalue weighted by Crippen LogP contribution is 2.33. The number of esters is 1. The van der Waals surface area contributed by atoms with E-state index in [-0.39, 0.29) is 17.9 Å². The third-order valence-electron chi connectivity index (χ3n) is 5.57. The van der Waals surface area contributed by atoms with Crippen LogP contribution in [0.5, 0.6) is 0 Å². The molecule has 0 bridgehead atoms. The van der Waals surface area contributed by atoms with E-state index >= 15 is 0 Å². The average Bonchev–Trinajstić information content (AvgIpc) is 3.60. The van der Waals surface area contributed by atoms with E-state index in [0.29, 0.717) is 37.7 Å². The normalized spacial score (nSPS) is 15.5. The number of nitrogens with zero attached hydrogens (tertiary/aromatic N) is 3. The number of allylic oxidation sites excluding steroid dienone is 1. The fraction of sp³-hybridized carbons (Fsp3) is 0.160. The van der Waals surface area contributed by atoms with E-state index in [1.165, 1.54) is 39.4 Å². The Balaban J connectivity index is 1.60. The Morgan fingerprint density at radius 1 is 1.28 bits per heavy atom. The quantitative estimate of drug-likeness (QED) is 0.215. The molecule has 0 saturated heterocycles. The number of nitro groups is 1. The Hall–Kier alpha value is -4.09. The van der Waals surface area contributed by atoms with Crippen LogP contribution in [0.15, 0.2) is 79.4 Å². The van der Waals surface area contributed by atoms with Crippen molar-refractivity contribution in [2.24, 2.45) is 4.99 Å². The van der Waals surface area contributed by atoms with Crippen LogP contribution in [0.2, 0.25) is 0 Å². The van der Waals surface area contributed by atoms with Crippen LogP contribution in [-0.4, -0.2) is 22.1 Å². The molecule has 0 saturated carbocycles. The standard InChI is InChI=1S/C25H19N3O6S2/c1-3-33-24(30)21-14(2)26-25-27(22(21)19-8-5-11-35-19)23(29)20(36-25)13-17-9-10-18(34-17)15-6-4-7-16(12-15)28(31)32/h4-13,22H,3H2,1-2H3/b20-13+/t22-/m0/s1. The minimum absolute atomic E-state index is 0.0416. The van der Waals surface area contributed by atoms with Gasteiger partial charge in [0.2, 0.25) is 0 Å². The molecule has 1 aliphatic rings. The average molecular weight is 522 g/mol. The van der Waals surface area contributed by atoms with Crippen molar-refractivity contribution in [3.8, 4) is 11.3 Å². The van der Waals surface area contributed by atoms with Crippen LogP contribution >= 0.6 is 22.7 Å². The number of benzene rings is 1. The molecule has 0 spiro atoms. The second-order valence-electron chi connectivity index (χ2n) is 7.83. The van der Waals surface area contributed by atoms with Gasteiger partial charge in [0.25, 0.3) is 11.2 Å². The van der Waals surface area contributed by atoms with Gasteiger partial charge in [0.05, 0.1) is 27.3 Å². The summed E-state index contributed by atoms with van der Waals surface area (Å²) in [6, 6.07) is 12.6. The third-order valence-corrected chi connectivity index (χ3v) is 7.48. The maximum Gasteiger partial charge on any atom is 0.338 e. The first-order valence-electron chi connectivity index (χ1n) is 10.9. The number of furan rings is 1. The topological polar surface area (TPSA) is 117 Å². The Morgan fingerprint density at radius 3 is 2.83 bits per heavy atom. The predicted octanol–water partition coefficient (Wildman–Crippen LogP) is 4.03. The molecule has 0 aliphatic carbocycles. The first kappa shape index (κ1) is 23.6. The Labute approximate surface area is 212 Å². The number of carbonyl (C=O) groups excluding carboxylic acids is 1. The number of thiophene rings is 1. The molecule has 1 aliphatic heterocycles. The maximum absolute atomic E-state index is 13.5. The zero-order valence-corrected chi connectivity index (χ0v) is 20.8. The molecule has 0 fully saturated rings. The largest absolute Gasteiger partial charge is 0.463 e. The van der Waals surface area contributed by atoms with Crippen LogP contribution in [0.25, 0.3) is 17.4 Å². The van der Waals surface area contributed by atoms with Crippen molar-refractivity contribution in [2.45, 2.75) is 19.9 Å². The van der Waals surface area contributed by atoms with Gasteiger partial charge in [-0.3, -0.25) is 19.5 Å². The number of rotatable bonds is 6. The highest BCUT2D eigenvalue weighted by molar-refractivity contribution is 7.10. The molecule has 1 aromatic carbocycles. The van der Waals surface area contributed by atoms with Crippen LogP contribution in [-0.2, 0) is 9.53 Å². The number of nitro benzene ring substituents is 1. The molecule has 3 aromatic heterocycles. The first-order chi connectivity index (χ1) is 17.4. The van der Waals surface area contributed by atoms with Crippen molar-refractivity contribution in [1.82, 2.24) is 4.57 Å². The number of hydrogen-bond acceptors (Lipinski definition) is 9. The van der Waals surface area contributed by atoms with Crippen molar-refractivity contribution >= 4 is 40.4 Å². The number of ether oxygens (including phenoxy) is 1. The van der Waals surface area contributed by atoms with Crippen LogP contribution in [0, 0.1) is 10.1 Å². The molecular formula is C25H19N3O6S2. The van der Waals surface area contributed by atoms with Crippen LogP contribution < -0.4 is 14.9 Å². The van der Waals surface area contributed by atoms with Gasteiger partial charge in [-0.25, -0.2) is 9.79 Å². The zero-order valence-electron chi connectivity index (χ0n) is 19.2. The summed E-state index contributed by atoms with van der Waals surface area (Å²) < 4.78 is 13.1. The molecule has 0 radical (unpaired) electrons. The minimum Gasteiger partial charge on any atom is -0.463 e. The molecule has 9 nitrogen and oxygen atoms in total. The van der Waals surface area contributed by atoms with Crippen molar-refractivity contribution in [3.63, 3.8) is 0 Å². The predicted molar refractivity (Wildman–Crippen MR) is 136 cm³/mol. The molecule has 0 amide bonds. The molecular weight excluding hydrogens is 502 g/mol. The van der Waals surface area contributed by atoms with E-state index in [1.54, 1.807) is 44.2 Å².